The predicted octanol–water partition coefficient (Wildman–Crippen LogP) is 21.9. The summed E-state index contributed by atoms with van der Waals surface area (Å²) in [6.45, 7) is 0. The number of benzene rings is 18. The first-order valence-electron chi connectivity index (χ1n) is 39.2. The Hall–Kier alpha value is -14.2. The molecule has 0 N–H and O–H groups in total. The van der Waals surface area contributed by atoms with Gasteiger partial charge in [-0.3, -0.25) is 18.7 Å². The largest absolute Gasteiger partial charge is 0.308 e. The van der Waals surface area contributed by atoms with Crippen molar-refractivity contribution in [2.24, 2.45) is 0 Å². The fourth-order valence-electron chi connectivity index (χ4n) is 18.7. The quantitative estimate of drug-likeness (QED) is 0.115. The lowest BCUT2D eigenvalue weighted by Crippen LogP contribution is -2.32. The standard InChI is InChI=1S/C39H25N2OP.C33H21N2OP.C32H20N3OP/c42-43(29-12-2-1-3-13-29)36-19-9-8-18-35(36)41-38-34(17-10-20-37(38)43)40-39(41)27-23-21-26(22-24-27)33-25-28-11-4-5-14-30(28)31-15-6-7-16-32(31)33;36-37(23-12-2-1-3-13-23)30-19-9-8-18-29(30)35-32-28(17-10-20-31(32)37)34-33(35)27-21-22-11-4-5-14-24(22)25-15-6-7-16-26(25)27;36-37(22-11-2-1-3-12-22)28-17-7-6-16-27(28)35-31-26(15-8-18-29(31)37)34-32(35)25-20-21-10-4-5-13-23(21)30-24(25)14-9-19-33-30/h1-25H;1-21H;1-20H. The van der Waals surface area contributed by atoms with E-state index >= 15 is 13.7 Å². The van der Waals surface area contributed by atoms with Gasteiger partial charge in [0.2, 0.25) is 0 Å². The van der Waals surface area contributed by atoms with E-state index in [4.69, 9.17) is 19.9 Å². The molecule has 22 aromatic rings. The smallest absolute Gasteiger partial charge is 0.175 e. The van der Waals surface area contributed by atoms with Crippen molar-refractivity contribution in [1.82, 2.24) is 33.6 Å². The van der Waals surface area contributed by atoms with Crippen molar-refractivity contribution in [3.05, 3.63) is 401 Å². The highest BCUT2D eigenvalue weighted by atomic mass is 31.2. The van der Waals surface area contributed by atoms with Crippen LogP contribution >= 0.6 is 21.4 Å². The topological polar surface area (TPSA) is 118 Å². The molecule has 117 heavy (non-hydrogen) atoms. The number of rotatable bonds is 7. The van der Waals surface area contributed by atoms with E-state index in [0.29, 0.717) is 0 Å². The molecule has 25 rings (SSSR count). The van der Waals surface area contributed by atoms with Gasteiger partial charge in [0.15, 0.2) is 21.4 Å². The summed E-state index contributed by atoms with van der Waals surface area (Å²) < 4.78 is 52.1. The van der Waals surface area contributed by atoms with Gasteiger partial charge in [0.05, 0.1) is 55.7 Å². The molecule has 3 unspecified atom stereocenters. The summed E-state index contributed by atoms with van der Waals surface area (Å²) in [6, 6.07) is 134. The van der Waals surface area contributed by atoms with Crippen LogP contribution in [0.2, 0.25) is 0 Å². The highest BCUT2D eigenvalue weighted by molar-refractivity contribution is 7.87. The van der Waals surface area contributed by atoms with Crippen LogP contribution in [0.4, 0.5) is 0 Å². The lowest BCUT2D eigenvalue weighted by Gasteiger charge is -2.29. The van der Waals surface area contributed by atoms with E-state index in [1.807, 2.05) is 219 Å². The van der Waals surface area contributed by atoms with E-state index in [1.165, 1.54) is 43.3 Å². The minimum absolute atomic E-state index is 0.830. The zero-order valence-electron chi connectivity index (χ0n) is 62.8. The summed E-state index contributed by atoms with van der Waals surface area (Å²) in [4.78, 5) is 20.3. The lowest BCUT2D eigenvalue weighted by molar-refractivity contribution is 0.591. The molecule has 0 spiro atoms. The fraction of sp³-hybridized carbons (Fsp3) is 0. The molecule has 13 heteroatoms. The van der Waals surface area contributed by atoms with Crippen molar-refractivity contribution in [2.75, 3.05) is 0 Å². The first-order chi connectivity index (χ1) is 57.7. The van der Waals surface area contributed by atoms with E-state index < -0.39 is 21.4 Å². The van der Waals surface area contributed by atoms with E-state index in [1.54, 1.807) is 0 Å². The van der Waals surface area contributed by atoms with Gasteiger partial charge in [-0.1, -0.05) is 297 Å². The molecule has 0 radical (unpaired) electrons. The molecule has 0 fully saturated rings. The van der Waals surface area contributed by atoms with Gasteiger partial charge >= 0.3 is 0 Å². The predicted molar refractivity (Wildman–Crippen MR) is 487 cm³/mol. The molecule has 3 aliphatic rings. The summed E-state index contributed by atoms with van der Waals surface area (Å²) in [5.41, 5.74) is 14.5. The number of para-hydroxylation sites is 6. The van der Waals surface area contributed by atoms with Crippen LogP contribution in [0, 0.1) is 0 Å². The van der Waals surface area contributed by atoms with Gasteiger partial charge in [0.1, 0.15) is 17.5 Å². The maximum Gasteiger partial charge on any atom is 0.175 e. The van der Waals surface area contributed by atoms with Crippen LogP contribution < -0.4 is 47.7 Å². The second-order valence-electron chi connectivity index (χ2n) is 30.1. The van der Waals surface area contributed by atoms with Crippen LogP contribution in [-0.2, 0) is 13.7 Å². The van der Waals surface area contributed by atoms with Crippen molar-refractivity contribution < 1.29 is 13.7 Å². The average Bonchev–Trinajstić information content (AvgIpc) is 1.59. The molecule has 550 valence electrons. The molecule has 0 saturated heterocycles. The summed E-state index contributed by atoms with van der Waals surface area (Å²) in [5.74, 6) is 2.55. The van der Waals surface area contributed by atoms with Crippen LogP contribution in [0.1, 0.15) is 0 Å². The third-order valence-electron chi connectivity index (χ3n) is 23.8. The minimum Gasteiger partial charge on any atom is -0.308 e. The van der Waals surface area contributed by atoms with Gasteiger partial charge in [0, 0.05) is 81.4 Å². The Morgan fingerprint density at radius 2 is 0.530 bits per heavy atom. The van der Waals surface area contributed by atoms with E-state index in [9.17, 15) is 0 Å². The zero-order valence-corrected chi connectivity index (χ0v) is 65.5. The molecule has 10 nitrogen and oxygen atoms in total. The molecule has 7 heterocycles. The summed E-state index contributed by atoms with van der Waals surface area (Å²) >= 11 is 0. The number of hydrogen-bond acceptors (Lipinski definition) is 7. The Bertz CT molecular complexity index is 7780. The van der Waals surface area contributed by atoms with Gasteiger partial charge in [-0.2, -0.15) is 0 Å². The Morgan fingerprint density at radius 3 is 0.974 bits per heavy atom. The second kappa shape index (κ2) is 26.7. The van der Waals surface area contributed by atoms with Crippen LogP contribution in [0.3, 0.4) is 0 Å². The third-order valence-corrected chi connectivity index (χ3v) is 33.2. The van der Waals surface area contributed by atoms with Crippen LogP contribution in [0.5, 0.6) is 0 Å². The molecule has 0 saturated carbocycles. The molecule has 3 aliphatic heterocycles. The Morgan fingerprint density at radius 1 is 0.222 bits per heavy atom. The van der Waals surface area contributed by atoms with E-state index in [2.05, 4.69) is 196 Å². The molecule has 4 aromatic heterocycles. The van der Waals surface area contributed by atoms with Gasteiger partial charge < -0.3 is 13.7 Å². The average molecular weight is 1550 g/mol. The van der Waals surface area contributed by atoms with Crippen LogP contribution in [0.25, 0.3) is 160 Å². The first kappa shape index (κ1) is 68.4. The molecule has 0 bridgehead atoms. The van der Waals surface area contributed by atoms with Gasteiger partial charge in [-0.25, -0.2) is 15.0 Å². The molecule has 3 atom stereocenters. The van der Waals surface area contributed by atoms with Gasteiger partial charge in [-0.15, -0.1) is 0 Å². The highest BCUT2D eigenvalue weighted by Crippen LogP contribution is 2.54. The molecule has 0 aliphatic carbocycles. The Kier molecular flexibility index (Phi) is 15.6. The van der Waals surface area contributed by atoms with Gasteiger partial charge in [0.25, 0.3) is 0 Å². The molecule has 0 amide bonds. The fourth-order valence-corrected chi connectivity index (χ4v) is 27.7. The monoisotopic (exact) mass is 1550 g/mol. The number of fused-ring (bicyclic) bond motifs is 15. The first-order valence-corrected chi connectivity index (χ1v) is 44.4. The van der Waals surface area contributed by atoms with Gasteiger partial charge in [-0.05, 0) is 157 Å². The van der Waals surface area contributed by atoms with Crippen molar-refractivity contribution in [2.45, 2.75) is 0 Å². The minimum atomic E-state index is -3.10. The number of pyridine rings is 1. The van der Waals surface area contributed by atoms with Crippen molar-refractivity contribution >= 4 is 167 Å². The maximum absolute atomic E-state index is 15.2. The number of nitrogens with zero attached hydrogens (tertiary/aromatic N) is 7. The molecule has 18 aromatic carbocycles. The summed E-state index contributed by atoms with van der Waals surface area (Å²) in [7, 11) is -9.29. The normalized spacial score (nSPS) is 16.1. The lowest BCUT2D eigenvalue weighted by atomic mass is 9.93. The third kappa shape index (κ3) is 10.2. The highest BCUT2D eigenvalue weighted by Gasteiger charge is 2.44. The second-order valence-corrected chi connectivity index (χ2v) is 38.1. The van der Waals surface area contributed by atoms with E-state index in [0.717, 1.165) is 165 Å². The number of imidazole rings is 3. The summed E-state index contributed by atoms with van der Waals surface area (Å²) in [6.07, 6.45) is 1.84. The summed E-state index contributed by atoms with van der Waals surface area (Å²) in [5, 5.41) is 20.6. The zero-order chi connectivity index (χ0) is 77.7. The maximum atomic E-state index is 15.2. The van der Waals surface area contributed by atoms with Crippen LogP contribution in [0.15, 0.2) is 401 Å². The van der Waals surface area contributed by atoms with E-state index in [-0.39, 0.29) is 0 Å². The van der Waals surface area contributed by atoms with Crippen molar-refractivity contribution in [3.63, 3.8) is 0 Å². The van der Waals surface area contributed by atoms with Crippen LogP contribution in [-0.4, -0.2) is 33.6 Å². The Balaban J connectivity index is 0.000000104. The number of hydrogen-bond donors (Lipinski definition) is 0. The molecular weight excluding hydrogens is 1490 g/mol. The van der Waals surface area contributed by atoms with Crippen molar-refractivity contribution in [3.8, 4) is 62.4 Å². The van der Waals surface area contributed by atoms with Crippen molar-refractivity contribution in [1.29, 1.82) is 0 Å². The number of aromatic nitrogens is 7. The SMILES string of the molecule is O=P1(c2ccccc2)c2ccccc2-n2c(-c3cc4ccccc4c4ccccc34)nc3cccc1c32.O=P1(c2ccccc2)c2ccccc2-n2c(-c3cc4ccccc4c4ncccc34)nc3cccc1c32.O=P1(c2ccccc2)c2ccccc2-n2c(-c3ccc(-c4cc5ccccc5c5ccccc45)cc3)nc3cccc1c32. The Labute approximate surface area is 672 Å². The molecular formula is C104H66N7O3P3.